The van der Waals surface area contributed by atoms with Crippen LogP contribution in [0.2, 0.25) is 0 Å². The summed E-state index contributed by atoms with van der Waals surface area (Å²) in [5.74, 6) is -0.270. The van der Waals surface area contributed by atoms with Gasteiger partial charge in [-0.2, -0.15) is 0 Å². The average molecular weight is 293 g/mol. The molecule has 1 rings (SSSR count). The second kappa shape index (κ2) is 8.00. The smallest absolute Gasteiger partial charge is 0.325 e. The molecule has 0 unspecified atom stereocenters. The molecule has 4 heteroatoms. The molecule has 0 heterocycles. The summed E-state index contributed by atoms with van der Waals surface area (Å²) >= 11 is 5.46. The van der Waals surface area contributed by atoms with Crippen LogP contribution in [0.25, 0.3) is 0 Å². The van der Waals surface area contributed by atoms with Crippen LogP contribution in [0, 0.1) is 0 Å². The number of benzene rings is 1. The molecular weight excluding hydrogens is 270 g/mol. The van der Waals surface area contributed by atoms with Crippen LogP contribution < -0.4 is 4.90 Å². The number of anilines is 1. The third kappa shape index (κ3) is 3.79. The summed E-state index contributed by atoms with van der Waals surface area (Å²) in [4.78, 5) is 14.4. The summed E-state index contributed by atoms with van der Waals surface area (Å²) in [7, 11) is 1.40. The fourth-order valence-electron chi connectivity index (χ4n) is 2.24. The van der Waals surface area contributed by atoms with Gasteiger partial charge in [0.25, 0.3) is 0 Å². The van der Waals surface area contributed by atoms with E-state index in [1.807, 2.05) is 11.8 Å². The first-order valence-electron chi connectivity index (χ1n) is 7.06. The lowest BCUT2D eigenvalue weighted by atomic mass is 10.0. The maximum atomic E-state index is 11.7. The third-order valence-corrected chi connectivity index (χ3v) is 3.86. The van der Waals surface area contributed by atoms with Crippen molar-refractivity contribution in [3.63, 3.8) is 0 Å². The molecule has 0 saturated carbocycles. The first-order valence-corrected chi connectivity index (χ1v) is 7.47. The van der Waals surface area contributed by atoms with Gasteiger partial charge in [0.15, 0.2) is 0 Å². The number of nitrogens with zero attached hydrogens (tertiary/aromatic N) is 1. The number of carbonyl (C=O) groups excluding carboxylic acids is 1. The van der Waals surface area contributed by atoms with Gasteiger partial charge < -0.3 is 9.64 Å². The van der Waals surface area contributed by atoms with Crippen molar-refractivity contribution in [3.05, 3.63) is 29.3 Å². The normalized spacial score (nSPS) is 10.2. The van der Waals surface area contributed by atoms with Gasteiger partial charge in [-0.15, -0.1) is 0 Å². The number of aryl methyl sites for hydroxylation is 2. The second-order valence-electron chi connectivity index (χ2n) is 4.54. The van der Waals surface area contributed by atoms with E-state index in [9.17, 15) is 4.79 Å². The highest BCUT2D eigenvalue weighted by Gasteiger charge is 2.20. The highest BCUT2D eigenvalue weighted by molar-refractivity contribution is 7.80. The molecule has 0 fully saturated rings. The maximum Gasteiger partial charge on any atom is 0.325 e. The number of thiocarbonyl (C=S) groups is 1. The number of carbonyl (C=O) groups is 1. The molecule has 3 nitrogen and oxygen atoms in total. The van der Waals surface area contributed by atoms with Gasteiger partial charge in [-0.3, -0.25) is 4.79 Å². The van der Waals surface area contributed by atoms with Crippen molar-refractivity contribution in [1.82, 2.24) is 0 Å². The molecule has 0 amide bonds. The average Bonchev–Trinajstić information content (AvgIpc) is 2.50. The quantitative estimate of drug-likeness (QED) is 0.593. The van der Waals surface area contributed by atoms with Crippen molar-refractivity contribution < 1.29 is 9.53 Å². The molecule has 20 heavy (non-hydrogen) atoms. The molecule has 0 spiro atoms. The van der Waals surface area contributed by atoms with Crippen LogP contribution in [0.3, 0.4) is 0 Å². The number of ether oxygens (including phenoxy) is 1. The van der Waals surface area contributed by atoms with Crippen LogP contribution in [0.15, 0.2) is 18.2 Å². The minimum absolute atomic E-state index is 0.174. The first kappa shape index (κ1) is 16.6. The van der Waals surface area contributed by atoms with E-state index in [-0.39, 0.29) is 12.5 Å². The lowest BCUT2D eigenvalue weighted by molar-refractivity contribution is -0.138. The zero-order valence-corrected chi connectivity index (χ0v) is 13.5. The molecule has 0 aliphatic carbocycles. The fraction of sp³-hybridized carbons (Fsp3) is 0.500. The van der Waals surface area contributed by atoms with Crippen LogP contribution in [0.5, 0.6) is 0 Å². The van der Waals surface area contributed by atoms with Crippen LogP contribution in [0.4, 0.5) is 5.69 Å². The van der Waals surface area contributed by atoms with Gasteiger partial charge in [0.1, 0.15) is 6.54 Å². The maximum absolute atomic E-state index is 11.7. The predicted molar refractivity (Wildman–Crippen MR) is 87.4 cm³/mol. The molecule has 1 aromatic rings. The van der Waals surface area contributed by atoms with Gasteiger partial charge >= 0.3 is 5.97 Å². The van der Waals surface area contributed by atoms with E-state index in [0.717, 1.165) is 29.9 Å². The standard InChI is InChI=1S/C16H23NO2S/c1-5-12-9-8-10-13(6-2)16(12)17(14(20)7-3)11-15(18)19-4/h8-10H,5-7,11H2,1-4H3. The fourth-order valence-corrected chi connectivity index (χ4v) is 2.39. The minimum atomic E-state index is -0.270. The zero-order chi connectivity index (χ0) is 15.1. The number of para-hydroxylation sites is 1. The molecule has 0 aliphatic heterocycles. The van der Waals surface area contributed by atoms with Gasteiger partial charge in [0.2, 0.25) is 0 Å². The Morgan fingerprint density at radius 3 is 2.15 bits per heavy atom. The van der Waals surface area contributed by atoms with E-state index in [4.69, 9.17) is 17.0 Å². The number of esters is 1. The van der Waals surface area contributed by atoms with Crippen molar-refractivity contribution in [2.75, 3.05) is 18.6 Å². The Balaban J connectivity index is 3.31. The minimum Gasteiger partial charge on any atom is -0.468 e. The van der Waals surface area contributed by atoms with Gasteiger partial charge in [-0.1, -0.05) is 51.2 Å². The van der Waals surface area contributed by atoms with Crippen molar-refractivity contribution in [1.29, 1.82) is 0 Å². The highest BCUT2D eigenvalue weighted by atomic mass is 32.1. The largest absolute Gasteiger partial charge is 0.468 e. The lowest BCUT2D eigenvalue weighted by Crippen LogP contribution is -2.36. The Morgan fingerprint density at radius 2 is 1.75 bits per heavy atom. The molecule has 0 aliphatic rings. The molecule has 1 aromatic carbocycles. The molecule has 0 bridgehead atoms. The second-order valence-corrected chi connectivity index (χ2v) is 5.01. The van der Waals surface area contributed by atoms with Gasteiger partial charge in [0, 0.05) is 5.69 Å². The topological polar surface area (TPSA) is 29.5 Å². The Morgan fingerprint density at radius 1 is 1.20 bits per heavy atom. The van der Waals surface area contributed by atoms with Crippen LogP contribution >= 0.6 is 12.2 Å². The van der Waals surface area contributed by atoms with Crippen LogP contribution in [-0.2, 0) is 22.4 Å². The van der Waals surface area contributed by atoms with E-state index in [1.165, 1.54) is 18.2 Å². The van der Waals surface area contributed by atoms with Crippen molar-refractivity contribution in [2.24, 2.45) is 0 Å². The molecule has 0 atom stereocenters. The predicted octanol–water partition coefficient (Wildman–Crippen LogP) is 3.53. The summed E-state index contributed by atoms with van der Waals surface area (Å²) < 4.78 is 4.80. The van der Waals surface area contributed by atoms with Gasteiger partial charge in [0.05, 0.1) is 12.1 Å². The molecule has 0 aromatic heterocycles. The Bertz CT molecular complexity index is 463. The third-order valence-electron chi connectivity index (χ3n) is 3.35. The number of hydrogen-bond donors (Lipinski definition) is 0. The van der Waals surface area contributed by atoms with E-state index in [2.05, 4.69) is 32.0 Å². The number of rotatable bonds is 6. The van der Waals surface area contributed by atoms with Crippen molar-refractivity contribution in [3.8, 4) is 0 Å². The van der Waals surface area contributed by atoms with Crippen LogP contribution in [-0.4, -0.2) is 24.6 Å². The molecule has 0 radical (unpaired) electrons. The SMILES string of the molecule is CCC(=S)N(CC(=O)OC)c1c(CC)cccc1CC. The molecular formula is C16H23NO2S. The summed E-state index contributed by atoms with van der Waals surface area (Å²) in [5, 5.41) is 0. The summed E-state index contributed by atoms with van der Waals surface area (Å²) in [6.07, 6.45) is 2.55. The zero-order valence-electron chi connectivity index (χ0n) is 12.7. The summed E-state index contributed by atoms with van der Waals surface area (Å²) in [6.45, 7) is 6.41. The van der Waals surface area contributed by atoms with Gasteiger partial charge in [-0.25, -0.2) is 0 Å². The van der Waals surface area contributed by atoms with E-state index in [1.54, 1.807) is 0 Å². The molecule has 0 saturated heterocycles. The molecule has 110 valence electrons. The van der Waals surface area contributed by atoms with Crippen molar-refractivity contribution >= 4 is 28.9 Å². The first-order chi connectivity index (χ1) is 9.58. The highest BCUT2D eigenvalue weighted by Crippen LogP contribution is 2.28. The van der Waals surface area contributed by atoms with E-state index >= 15 is 0 Å². The Hall–Kier alpha value is -1.42. The van der Waals surface area contributed by atoms with E-state index in [0.29, 0.717) is 0 Å². The Kier molecular flexibility index (Phi) is 6.65. The molecule has 0 N–H and O–H groups in total. The van der Waals surface area contributed by atoms with Gasteiger partial charge in [-0.05, 0) is 30.4 Å². The Labute approximate surface area is 126 Å². The van der Waals surface area contributed by atoms with E-state index < -0.39 is 0 Å². The lowest BCUT2D eigenvalue weighted by Gasteiger charge is -2.28. The monoisotopic (exact) mass is 293 g/mol. The summed E-state index contributed by atoms with van der Waals surface area (Å²) in [5.41, 5.74) is 3.50. The number of methoxy groups -OCH3 is 1. The number of hydrogen-bond acceptors (Lipinski definition) is 3. The summed E-state index contributed by atoms with van der Waals surface area (Å²) in [6, 6.07) is 6.25. The van der Waals surface area contributed by atoms with Crippen LogP contribution in [0.1, 0.15) is 38.3 Å². The van der Waals surface area contributed by atoms with Crippen molar-refractivity contribution in [2.45, 2.75) is 40.0 Å².